The Kier molecular flexibility index (Phi) is 4.84. The van der Waals surface area contributed by atoms with Crippen LogP contribution in [0.1, 0.15) is 40.3 Å². The molecule has 0 spiro atoms. The fraction of sp³-hybridized carbons (Fsp3) is 0.238. The molecule has 2 aliphatic carbocycles. The van der Waals surface area contributed by atoms with Crippen molar-refractivity contribution >= 4 is 49.8 Å². The molecule has 0 aromatic heterocycles. The SMILES string of the molecule is CC[Si](C)(C1C=Cc2ccccc21)C1C=Cc2ccccc21.[NaH]. The van der Waals surface area contributed by atoms with Crippen molar-refractivity contribution in [3.8, 4) is 0 Å². The molecule has 0 nitrogen and oxygen atoms in total. The predicted octanol–water partition coefficient (Wildman–Crippen LogP) is 5.14. The van der Waals surface area contributed by atoms with Crippen molar-refractivity contribution in [2.24, 2.45) is 0 Å². The summed E-state index contributed by atoms with van der Waals surface area (Å²) in [4.78, 5) is 0. The Morgan fingerprint density at radius 2 is 1.22 bits per heavy atom. The summed E-state index contributed by atoms with van der Waals surface area (Å²) in [6, 6.07) is 19.2. The topological polar surface area (TPSA) is 0 Å². The van der Waals surface area contributed by atoms with Crippen LogP contribution in [-0.2, 0) is 0 Å². The summed E-state index contributed by atoms with van der Waals surface area (Å²) in [6.07, 6.45) is 9.64. The van der Waals surface area contributed by atoms with Gasteiger partial charge in [0.05, 0.1) is 8.07 Å². The first-order valence-corrected chi connectivity index (χ1v) is 11.1. The second kappa shape index (κ2) is 6.56. The molecule has 23 heavy (non-hydrogen) atoms. The van der Waals surface area contributed by atoms with Crippen molar-refractivity contribution in [3.63, 3.8) is 0 Å². The van der Waals surface area contributed by atoms with E-state index in [1.54, 1.807) is 11.1 Å². The molecule has 0 N–H and O–H groups in total. The first-order valence-electron chi connectivity index (χ1n) is 8.28. The average Bonchev–Trinajstić information content (AvgIpc) is 3.19. The summed E-state index contributed by atoms with van der Waals surface area (Å²) in [6.45, 7) is 5.00. The van der Waals surface area contributed by atoms with Crippen LogP contribution in [0, 0.1) is 0 Å². The summed E-state index contributed by atoms with van der Waals surface area (Å²) in [5.74, 6) is 0. The summed E-state index contributed by atoms with van der Waals surface area (Å²) >= 11 is 0. The van der Waals surface area contributed by atoms with E-state index in [0.717, 1.165) is 0 Å². The Morgan fingerprint density at radius 3 is 1.65 bits per heavy atom. The van der Waals surface area contributed by atoms with Gasteiger partial charge in [0.15, 0.2) is 0 Å². The van der Waals surface area contributed by atoms with Gasteiger partial charge in [0.2, 0.25) is 0 Å². The van der Waals surface area contributed by atoms with Crippen LogP contribution in [0.5, 0.6) is 0 Å². The molecule has 0 heterocycles. The van der Waals surface area contributed by atoms with E-state index in [9.17, 15) is 0 Å². The first-order chi connectivity index (χ1) is 10.7. The molecule has 0 fully saturated rings. The van der Waals surface area contributed by atoms with Crippen LogP contribution in [0.3, 0.4) is 0 Å². The Hall–Kier alpha value is -0.863. The number of rotatable bonds is 3. The van der Waals surface area contributed by atoms with E-state index in [4.69, 9.17) is 0 Å². The molecule has 0 saturated heterocycles. The van der Waals surface area contributed by atoms with Crippen LogP contribution in [0.15, 0.2) is 60.7 Å². The molecule has 2 atom stereocenters. The second-order valence-electron chi connectivity index (χ2n) is 6.79. The van der Waals surface area contributed by atoms with Crippen molar-refractivity contribution < 1.29 is 0 Å². The maximum absolute atomic E-state index is 2.60. The molecule has 4 rings (SSSR count). The number of fused-ring (bicyclic) bond motifs is 2. The number of benzene rings is 2. The van der Waals surface area contributed by atoms with Crippen molar-refractivity contribution in [3.05, 3.63) is 82.9 Å². The van der Waals surface area contributed by atoms with Crippen LogP contribution in [0.4, 0.5) is 0 Å². The van der Waals surface area contributed by atoms with Crippen LogP contribution in [-0.4, -0.2) is 37.6 Å². The fourth-order valence-electron chi connectivity index (χ4n) is 4.28. The zero-order chi connectivity index (χ0) is 15.2. The number of hydrogen-bond donors (Lipinski definition) is 0. The van der Waals surface area contributed by atoms with Gasteiger partial charge in [0.1, 0.15) is 0 Å². The van der Waals surface area contributed by atoms with E-state index in [-0.39, 0.29) is 29.6 Å². The van der Waals surface area contributed by atoms with Gasteiger partial charge in [-0.3, -0.25) is 0 Å². The zero-order valence-corrected chi connectivity index (χ0v) is 14.3. The van der Waals surface area contributed by atoms with Gasteiger partial charge < -0.3 is 0 Å². The molecule has 0 radical (unpaired) electrons. The molecule has 2 aromatic carbocycles. The van der Waals surface area contributed by atoms with Gasteiger partial charge in [0.25, 0.3) is 0 Å². The fourth-order valence-corrected chi connectivity index (χ4v) is 8.57. The Balaban J connectivity index is 0.00000156. The van der Waals surface area contributed by atoms with Gasteiger partial charge >= 0.3 is 29.6 Å². The molecular weight excluding hydrogens is 303 g/mol. The number of allylic oxidation sites excluding steroid dienone is 2. The third kappa shape index (κ3) is 2.64. The van der Waals surface area contributed by atoms with Gasteiger partial charge in [-0.1, -0.05) is 92.3 Å². The van der Waals surface area contributed by atoms with Crippen LogP contribution in [0.2, 0.25) is 12.6 Å². The van der Waals surface area contributed by atoms with Crippen molar-refractivity contribution in [1.29, 1.82) is 0 Å². The van der Waals surface area contributed by atoms with Gasteiger partial charge in [-0.25, -0.2) is 0 Å². The molecule has 2 aromatic rings. The van der Waals surface area contributed by atoms with E-state index in [1.165, 1.54) is 17.2 Å². The number of hydrogen-bond acceptors (Lipinski definition) is 0. The van der Waals surface area contributed by atoms with E-state index in [1.807, 2.05) is 0 Å². The minimum absolute atomic E-state index is 0. The molecule has 2 aliphatic rings. The van der Waals surface area contributed by atoms with Crippen molar-refractivity contribution in [2.45, 2.75) is 30.6 Å². The Bertz CT molecular complexity index is 713. The molecule has 0 saturated carbocycles. The average molecular weight is 326 g/mol. The summed E-state index contributed by atoms with van der Waals surface area (Å²) in [5, 5.41) is 0. The monoisotopic (exact) mass is 326 g/mol. The van der Waals surface area contributed by atoms with E-state index >= 15 is 0 Å². The van der Waals surface area contributed by atoms with Gasteiger partial charge in [0, 0.05) is 0 Å². The second-order valence-corrected chi connectivity index (χ2v) is 11.8. The van der Waals surface area contributed by atoms with Crippen molar-refractivity contribution in [1.82, 2.24) is 0 Å². The predicted molar refractivity (Wildman–Crippen MR) is 106 cm³/mol. The van der Waals surface area contributed by atoms with Crippen LogP contribution >= 0.6 is 0 Å². The first kappa shape index (κ1) is 17.0. The van der Waals surface area contributed by atoms with Crippen LogP contribution < -0.4 is 0 Å². The van der Waals surface area contributed by atoms with Crippen LogP contribution in [0.25, 0.3) is 12.2 Å². The molecule has 0 aliphatic heterocycles. The zero-order valence-electron chi connectivity index (χ0n) is 13.3. The van der Waals surface area contributed by atoms with E-state index in [0.29, 0.717) is 11.1 Å². The maximum atomic E-state index is 2.60. The van der Waals surface area contributed by atoms with E-state index < -0.39 is 8.07 Å². The minimum atomic E-state index is -1.53. The normalized spacial score (nSPS) is 23.0. The third-order valence-corrected chi connectivity index (χ3v) is 11.2. The molecule has 2 heteroatoms. The molecule has 112 valence electrons. The molecule has 0 bridgehead atoms. The third-order valence-electron chi connectivity index (χ3n) is 5.78. The molecule has 0 amide bonds. The Labute approximate surface area is 162 Å². The Morgan fingerprint density at radius 1 is 0.783 bits per heavy atom. The summed E-state index contributed by atoms with van der Waals surface area (Å²) in [5.41, 5.74) is 7.22. The quantitative estimate of drug-likeness (QED) is 0.685. The van der Waals surface area contributed by atoms with Gasteiger partial charge in [-0.05, 0) is 33.3 Å². The van der Waals surface area contributed by atoms with Crippen molar-refractivity contribution in [2.75, 3.05) is 0 Å². The summed E-state index contributed by atoms with van der Waals surface area (Å²) in [7, 11) is -1.53. The summed E-state index contributed by atoms with van der Waals surface area (Å²) < 4.78 is 0. The van der Waals surface area contributed by atoms with Gasteiger partial charge in [-0.15, -0.1) is 0 Å². The van der Waals surface area contributed by atoms with E-state index in [2.05, 4.69) is 86.3 Å². The molecule has 2 unspecified atom stereocenters. The van der Waals surface area contributed by atoms with Gasteiger partial charge in [-0.2, -0.15) is 0 Å². The standard InChI is InChI=1S/C21H22Si.Na.H/c1-3-22(2,20-14-12-16-8-4-6-10-18(16)20)21-15-13-17-9-5-7-11-19(17)21;;/h4-15,20-21H,3H2,1-2H3;;. The molecular formula is C21H23NaSi.